The Labute approximate surface area is 373 Å². The van der Waals surface area contributed by atoms with Gasteiger partial charge in [-0.3, -0.25) is 4.79 Å². The van der Waals surface area contributed by atoms with Crippen LogP contribution in [0, 0.1) is 0 Å². The predicted octanol–water partition coefficient (Wildman–Crippen LogP) is 0.139. The number of aliphatic hydroxyl groups excluding tert-OH is 11. The first-order valence-corrected chi connectivity index (χ1v) is 23.8. The summed E-state index contributed by atoms with van der Waals surface area (Å²) >= 11 is 0. The summed E-state index contributed by atoms with van der Waals surface area (Å²) in [5, 5.41) is 119. The van der Waals surface area contributed by atoms with Gasteiger partial charge in [0.25, 0.3) is 0 Å². The summed E-state index contributed by atoms with van der Waals surface area (Å²) in [6.45, 7) is 1.67. The summed E-state index contributed by atoms with van der Waals surface area (Å²) < 4.78 is 34.0. The topological polar surface area (TPSA) is 307 Å². The second-order valence-electron chi connectivity index (χ2n) is 17.6. The summed E-state index contributed by atoms with van der Waals surface area (Å²) in [4.78, 5) is 13.1. The Morgan fingerprint density at radius 2 is 0.905 bits per heavy atom. The molecular formula is C44H83NO18. The van der Waals surface area contributed by atoms with E-state index in [4.69, 9.17) is 28.4 Å². The average molecular weight is 914 g/mol. The fourth-order valence-electron chi connectivity index (χ4n) is 8.37. The summed E-state index contributed by atoms with van der Waals surface area (Å²) in [5.74, 6) is -0.250. The van der Waals surface area contributed by atoms with Crippen molar-refractivity contribution in [3.63, 3.8) is 0 Å². The van der Waals surface area contributed by atoms with Crippen LogP contribution in [0.4, 0.5) is 0 Å². The lowest BCUT2D eigenvalue weighted by Crippen LogP contribution is -2.66. The number of rotatable bonds is 32. The number of unbranched alkanes of at least 4 members (excludes halogenated alkanes) is 16. The Morgan fingerprint density at radius 3 is 1.38 bits per heavy atom. The zero-order chi connectivity index (χ0) is 46.3. The van der Waals surface area contributed by atoms with E-state index in [1.54, 1.807) is 0 Å². The molecular weight excluding hydrogens is 830 g/mol. The number of ether oxygens (including phenoxy) is 6. The van der Waals surface area contributed by atoms with Crippen LogP contribution in [-0.4, -0.2) is 193 Å². The molecule has 3 rings (SSSR count). The number of amides is 1. The van der Waals surface area contributed by atoms with Crippen molar-refractivity contribution in [2.45, 2.75) is 247 Å². The van der Waals surface area contributed by atoms with Crippen molar-refractivity contribution in [2.24, 2.45) is 0 Å². The molecule has 0 aromatic carbocycles. The number of aliphatic hydroxyl groups is 11. The van der Waals surface area contributed by atoms with Gasteiger partial charge in [0.2, 0.25) is 5.91 Å². The summed E-state index contributed by atoms with van der Waals surface area (Å²) in [7, 11) is 0. The van der Waals surface area contributed by atoms with Crippen LogP contribution in [0.3, 0.4) is 0 Å². The van der Waals surface area contributed by atoms with Crippen molar-refractivity contribution >= 4 is 5.91 Å². The van der Waals surface area contributed by atoms with Crippen LogP contribution in [0.1, 0.15) is 142 Å². The number of hydrogen-bond donors (Lipinski definition) is 12. The number of carbonyl (C=O) groups excluding carboxylic acids is 1. The number of nitrogens with one attached hydrogen (secondary N) is 1. The van der Waals surface area contributed by atoms with E-state index in [0.717, 1.165) is 57.8 Å². The largest absolute Gasteiger partial charge is 0.394 e. The lowest BCUT2D eigenvalue weighted by Gasteiger charge is -2.48. The van der Waals surface area contributed by atoms with Crippen LogP contribution in [0.2, 0.25) is 0 Å². The standard InChI is InChI=1S/C44H83NO18/c1-3-5-7-9-11-12-13-14-16-18-20-22-32(50)45-27(28(49)21-19-17-15-10-8-6-4-2)26-58-42-38(56)35(53)40(30(24-47)60-42)63-44-39(57)36(54)41(31(25-48)61-44)62-43-37(55)34(52)33(51)29(23-46)59-43/h27-31,33-44,46-49,51-57H,3-26H2,1-2H3,(H,45,50). The molecule has 0 saturated carbocycles. The fourth-order valence-corrected chi connectivity index (χ4v) is 8.37. The maximum Gasteiger partial charge on any atom is 0.220 e. The van der Waals surface area contributed by atoms with E-state index in [2.05, 4.69) is 19.2 Å². The highest BCUT2D eigenvalue weighted by Gasteiger charge is 2.53. The summed E-state index contributed by atoms with van der Waals surface area (Å²) in [6.07, 6.45) is -5.95. The zero-order valence-corrected chi connectivity index (χ0v) is 37.6. The molecule has 3 aliphatic rings. The molecule has 0 bridgehead atoms. The van der Waals surface area contributed by atoms with Gasteiger partial charge in [-0.15, -0.1) is 0 Å². The fraction of sp³-hybridized carbons (Fsp3) is 0.977. The van der Waals surface area contributed by atoms with Gasteiger partial charge in [-0.25, -0.2) is 0 Å². The van der Waals surface area contributed by atoms with Crippen molar-refractivity contribution in [2.75, 3.05) is 26.4 Å². The predicted molar refractivity (Wildman–Crippen MR) is 227 cm³/mol. The van der Waals surface area contributed by atoms with Gasteiger partial charge in [0.1, 0.15) is 73.2 Å². The van der Waals surface area contributed by atoms with Crippen molar-refractivity contribution < 1.29 is 89.4 Å². The molecule has 0 spiro atoms. The second-order valence-corrected chi connectivity index (χ2v) is 17.6. The highest BCUT2D eigenvalue weighted by molar-refractivity contribution is 5.76. The van der Waals surface area contributed by atoms with Crippen LogP contribution in [0.25, 0.3) is 0 Å². The molecule has 3 aliphatic heterocycles. The van der Waals surface area contributed by atoms with E-state index < -0.39 is 124 Å². The zero-order valence-electron chi connectivity index (χ0n) is 37.6. The van der Waals surface area contributed by atoms with Gasteiger partial charge in [-0.05, 0) is 12.8 Å². The molecule has 0 aliphatic carbocycles. The molecule has 19 heteroatoms. The minimum atomic E-state index is -1.97. The van der Waals surface area contributed by atoms with Crippen LogP contribution in [0.15, 0.2) is 0 Å². The first-order chi connectivity index (χ1) is 30.3. The van der Waals surface area contributed by atoms with Gasteiger partial charge in [-0.2, -0.15) is 0 Å². The Morgan fingerprint density at radius 1 is 0.508 bits per heavy atom. The van der Waals surface area contributed by atoms with Gasteiger partial charge in [-0.1, -0.05) is 123 Å². The highest BCUT2D eigenvalue weighted by atomic mass is 16.8. The van der Waals surface area contributed by atoms with E-state index in [1.165, 1.54) is 51.4 Å². The normalized spacial score (nSPS) is 34.8. The van der Waals surface area contributed by atoms with Crippen LogP contribution in [0.5, 0.6) is 0 Å². The lowest BCUT2D eigenvalue weighted by atomic mass is 9.96. The molecule has 12 N–H and O–H groups in total. The third-order valence-corrected chi connectivity index (χ3v) is 12.4. The first kappa shape index (κ1) is 56.1. The molecule has 3 heterocycles. The Balaban J connectivity index is 1.57. The first-order valence-electron chi connectivity index (χ1n) is 23.8. The van der Waals surface area contributed by atoms with Crippen molar-refractivity contribution in [3.05, 3.63) is 0 Å². The molecule has 0 radical (unpaired) electrons. The molecule has 17 unspecified atom stereocenters. The van der Waals surface area contributed by atoms with E-state index in [-0.39, 0.29) is 18.9 Å². The third kappa shape index (κ3) is 18.1. The van der Waals surface area contributed by atoms with E-state index in [9.17, 15) is 61.0 Å². The maximum atomic E-state index is 13.1. The summed E-state index contributed by atoms with van der Waals surface area (Å²) in [5.41, 5.74) is 0. The lowest BCUT2D eigenvalue weighted by molar-refractivity contribution is -0.379. The van der Waals surface area contributed by atoms with Crippen molar-refractivity contribution in [1.82, 2.24) is 5.32 Å². The quantitative estimate of drug-likeness (QED) is 0.0400. The van der Waals surface area contributed by atoms with E-state index in [1.807, 2.05) is 0 Å². The maximum absolute atomic E-state index is 13.1. The Kier molecular flexibility index (Phi) is 27.6. The van der Waals surface area contributed by atoms with Crippen LogP contribution >= 0.6 is 0 Å². The molecule has 372 valence electrons. The van der Waals surface area contributed by atoms with Crippen molar-refractivity contribution in [1.29, 1.82) is 0 Å². The molecule has 17 atom stereocenters. The van der Waals surface area contributed by atoms with Gasteiger partial charge >= 0.3 is 0 Å². The smallest absolute Gasteiger partial charge is 0.220 e. The van der Waals surface area contributed by atoms with Crippen LogP contribution in [-0.2, 0) is 33.2 Å². The Hall–Kier alpha value is -1.21. The monoisotopic (exact) mass is 914 g/mol. The minimum Gasteiger partial charge on any atom is -0.394 e. The minimum absolute atomic E-state index is 0.250. The second kappa shape index (κ2) is 31.0. The third-order valence-electron chi connectivity index (χ3n) is 12.4. The number of carbonyl (C=O) groups is 1. The summed E-state index contributed by atoms with van der Waals surface area (Å²) in [6, 6.07) is -0.874. The molecule has 1 amide bonds. The average Bonchev–Trinajstić information content (AvgIpc) is 3.28. The van der Waals surface area contributed by atoms with Crippen LogP contribution < -0.4 is 5.32 Å². The van der Waals surface area contributed by atoms with Gasteiger partial charge in [0, 0.05) is 6.42 Å². The van der Waals surface area contributed by atoms with Gasteiger partial charge in [0.05, 0.1) is 38.6 Å². The molecule has 3 saturated heterocycles. The van der Waals surface area contributed by atoms with E-state index in [0.29, 0.717) is 12.8 Å². The number of hydrogen-bond acceptors (Lipinski definition) is 18. The van der Waals surface area contributed by atoms with Gasteiger partial charge < -0.3 is 89.9 Å². The molecule has 3 fully saturated rings. The van der Waals surface area contributed by atoms with E-state index >= 15 is 0 Å². The molecule has 0 aromatic heterocycles. The highest BCUT2D eigenvalue weighted by Crippen LogP contribution is 2.33. The van der Waals surface area contributed by atoms with Gasteiger partial charge in [0.15, 0.2) is 18.9 Å². The SMILES string of the molecule is CCCCCCCCCCCCCC(=O)NC(COC1OC(CO)C(OC2OC(CO)C(OC3OC(CO)C(O)C(O)C3O)C(O)C2O)C(O)C1O)C(O)CCCCCCCCC. The molecule has 0 aromatic rings. The van der Waals surface area contributed by atoms with Crippen molar-refractivity contribution in [3.8, 4) is 0 Å². The molecule has 63 heavy (non-hydrogen) atoms. The Bertz CT molecular complexity index is 1190. The molecule has 19 nitrogen and oxygen atoms in total.